The number of rotatable bonds is 5. The summed E-state index contributed by atoms with van der Waals surface area (Å²) in [5.41, 5.74) is 3.85. The lowest BCUT2D eigenvalue weighted by Crippen LogP contribution is -2.36. The highest BCUT2D eigenvalue weighted by molar-refractivity contribution is 6.07. The largest absolute Gasteiger partial charge is 0.454 e. The maximum absolute atomic E-state index is 13.3. The van der Waals surface area contributed by atoms with Crippen LogP contribution in [0.25, 0.3) is 11.1 Å². The van der Waals surface area contributed by atoms with Crippen molar-refractivity contribution in [1.29, 1.82) is 0 Å². The van der Waals surface area contributed by atoms with Gasteiger partial charge in [-0.2, -0.15) is 0 Å². The highest BCUT2D eigenvalue weighted by Gasteiger charge is 2.22. The maximum Gasteiger partial charge on any atom is 0.231 e. The number of ether oxygens (including phenoxy) is 2. The van der Waals surface area contributed by atoms with E-state index in [4.69, 9.17) is 14.5 Å². The van der Waals surface area contributed by atoms with Crippen molar-refractivity contribution >= 4 is 17.3 Å². The fraction of sp³-hybridized carbons (Fsp3) is 0.259. The standard InChI is InChI=1S/C27H26N2O3/c30-24(22-12-10-21(11-13-22)20-7-3-1-4-8-20)18-29(27-9-5-2-6-16-28-27)23-14-15-25-26(17-23)32-19-31-25/h1,3-4,7-8,10-15,17H,2,5-6,9,16,18-19H2. The van der Waals surface area contributed by atoms with Crippen LogP contribution in [0.15, 0.2) is 77.8 Å². The van der Waals surface area contributed by atoms with E-state index in [2.05, 4.69) is 12.1 Å². The molecular weight excluding hydrogens is 400 g/mol. The predicted octanol–water partition coefficient (Wildman–Crippen LogP) is 5.74. The van der Waals surface area contributed by atoms with Gasteiger partial charge >= 0.3 is 0 Å². The molecular formula is C27H26N2O3. The molecule has 0 unspecified atom stereocenters. The molecule has 3 aromatic rings. The van der Waals surface area contributed by atoms with E-state index in [-0.39, 0.29) is 19.1 Å². The van der Waals surface area contributed by atoms with Crippen LogP contribution in [0.4, 0.5) is 5.69 Å². The van der Waals surface area contributed by atoms with Crippen LogP contribution < -0.4 is 14.4 Å². The summed E-state index contributed by atoms with van der Waals surface area (Å²) in [6, 6.07) is 23.9. The molecule has 0 spiro atoms. The molecule has 5 nitrogen and oxygen atoms in total. The van der Waals surface area contributed by atoms with Crippen LogP contribution in [-0.4, -0.2) is 31.5 Å². The van der Waals surface area contributed by atoms with E-state index in [1.54, 1.807) is 0 Å². The second-order valence-corrected chi connectivity index (χ2v) is 8.10. The van der Waals surface area contributed by atoms with Gasteiger partial charge in [0.15, 0.2) is 17.3 Å². The van der Waals surface area contributed by atoms with Crippen molar-refractivity contribution in [2.75, 3.05) is 24.8 Å². The summed E-state index contributed by atoms with van der Waals surface area (Å²) in [5.74, 6) is 2.48. The van der Waals surface area contributed by atoms with E-state index in [0.717, 1.165) is 60.6 Å². The average molecular weight is 427 g/mol. The Balaban J connectivity index is 1.40. The fourth-order valence-corrected chi connectivity index (χ4v) is 4.18. The molecule has 3 aromatic carbocycles. The Labute approximate surface area is 188 Å². The normalized spacial score (nSPS) is 15.1. The molecule has 0 amide bonds. The Morgan fingerprint density at radius 1 is 0.844 bits per heavy atom. The van der Waals surface area contributed by atoms with Crippen LogP contribution in [0.3, 0.4) is 0 Å². The highest BCUT2D eigenvalue weighted by atomic mass is 16.7. The molecule has 0 N–H and O–H groups in total. The summed E-state index contributed by atoms with van der Waals surface area (Å²) in [6.07, 6.45) is 4.21. The third-order valence-electron chi connectivity index (χ3n) is 5.95. The number of hydrogen-bond acceptors (Lipinski definition) is 5. The maximum atomic E-state index is 13.3. The molecule has 2 aliphatic rings. The molecule has 0 radical (unpaired) electrons. The molecule has 0 atom stereocenters. The first-order chi connectivity index (χ1) is 15.8. The molecule has 0 aliphatic carbocycles. The van der Waals surface area contributed by atoms with E-state index >= 15 is 0 Å². The molecule has 2 heterocycles. The quantitative estimate of drug-likeness (QED) is 0.488. The van der Waals surface area contributed by atoms with Gasteiger partial charge < -0.3 is 14.4 Å². The van der Waals surface area contributed by atoms with Gasteiger partial charge in [-0.05, 0) is 36.1 Å². The summed E-state index contributed by atoms with van der Waals surface area (Å²) in [4.78, 5) is 20.1. The minimum absolute atomic E-state index is 0.0641. The number of carbonyl (C=O) groups excluding carboxylic acids is 1. The number of Topliss-reactive ketones (excluding diaryl/α,β-unsaturated/α-hetero) is 1. The molecule has 0 saturated carbocycles. The van der Waals surface area contributed by atoms with Crippen LogP contribution in [0.5, 0.6) is 11.5 Å². The second kappa shape index (κ2) is 9.27. The first kappa shape index (κ1) is 20.3. The molecule has 5 rings (SSSR count). The zero-order valence-corrected chi connectivity index (χ0v) is 18.0. The van der Waals surface area contributed by atoms with Crippen LogP contribution >= 0.6 is 0 Å². The van der Waals surface area contributed by atoms with Crippen molar-refractivity contribution in [1.82, 2.24) is 0 Å². The minimum atomic E-state index is 0.0641. The Hall–Kier alpha value is -3.60. The van der Waals surface area contributed by atoms with E-state index in [0.29, 0.717) is 11.3 Å². The van der Waals surface area contributed by atoms with Crippen molar-refractivity contribution in [2.24, 2.45) is 4.99 Å². The van der Waals surface area contributed by atoms with Gasteiger partial charge in [0.05, 0.1) is 6.54 Å². The molecule has 5 heteroatoms. The first-order valence-electron chi connectivity index (χ1n) is 11.2. The number of anilines is 1. The van der Waals surface area contributed by atoms with E-state index in [1.165, 1.54) is 0 Å². The van der Waals surface area contributed by atoms with Crippen LogP contribution in [0, 0.1) is 0 Å². The number of benzene rings is 3. The second-order valence-electron chi connectivity index (χ2n) is 8.10. The molecule has 0 saturated heterocycles. The van der Waals surface area contributed by atoms with Crippen LogP contribution in [-0.2, 0) is 0 Å². The van der Waals surface area contributed by atoms with Crippen molar-refractivity contribution < 1.29 is 14.3 Å². The van der Waals surface area contributed by atoms with Crippen molar-refractivity contribution in [3.63, 3.8) is 0 Å². The van der Waals surface area contributed by atoms with Gasteiger partial charge in [-0.25, -0.2) is 0 Å². The average Bonchev–Trinajstić information content (AvgIpc) is 3.15. The number of amidine groups is 1. The molecule has 162 valence electrons. The zero-order chi connectivity index (χ0) is 21.8. The van der Waals surface area contributed by atoms with E-state index in [9.17, 15) is 4.79 Å². The van der Waals surface area contributed by atoms with Crippen LogP contribution in [0.1, 0.15) is 36.0 Å². The number of fused-ring (bicyclic) bond motifs is 1. The lowest BCUT2D eigenvalue weighted by Gasteiger charge is -2.26. The summed E-state index contributed by atoms with van der Waals surface area (Å²) in [5, 5.41) is 0. The molecule has 32 heavy (non-hydrogen) atoms. The lowest BCUT2D eigenvalue weighted by atomic mass is 10.0. The van der Waals surface area contributed by atoms with Crippen molar-refractivity contribution in [2.45, 2.75) is 25.7 Å². The number of nitrogens with zero attached hydrogens (tertiary/aromatic N) is 2. The van der Waals surface area contributed by atoms with Crippen molar-refractivity contribution in [3.8, 4) is 22.6 Å². The predicted molar refractivity (Wildman–Crippen MR) is 127 cm³/mol. The van der Waals surface area contributed by atoms with Gasteiger partial charge in [0.25, 0.3) is 0 Å². The third kappa shape index (κ3) is 4.37. The number of aliphatic imine (C=N–C) groups is 1. The van der Waals surface area contributed by atoms with E-state index in [1.807, 2.05) is 65.6 Å². The van der Waals surface area contributed by atoms with Crippen molar-refractivity contribution in [3.05, 3.63) is 78.4 Å². The van der Waals surface area contributed by atoms with Gasteiger partial charge in [-0.15, -0.1) is 0 Å². The van der Waals surface area contributed by atoms with Gasteiger partial charge in [0, 0.05) is 30.3 Å². The van der Waals surface area contributed by atoms with Gasteiger partial charge in [0.1, 0.15) is 5.84 Å². The molecule has 0 aromatic heterocycles. The summed E-state index contributed by atoms with van der Waals surface area (Å²) in [7, 11) is 0. The summed E-state index contributed by atoms with van der Waals surface area (Å²) < 4.78 is 11.0. The minimum Gasteiger partial charge on any atom is -0.454 e. The topological polar surface area (TPSA) is 51.1 Å². The SMILES string of the molecule is O=C(CN(C1=NCCCCC1)c1ccc2c(c1)OCO2)c1ccc(-c2ccccc2)cc1. The molecule has 0 bridgehead atoms. The summed E-state index contributed by atoms with van der Waals surface area (Å²) in [6.45, 7) is 1.27. The number of hydrogen-bond donors (Lipinski definition) is 0. The van der Waals surface area contributed by atoms with Gasteiger partial charge in [0.2, 0.25) is 6.79 Å². The Morgan fingerprint density at radius 3 is 2.47 bits per heavy atom. The smallest absolute Gasteiger partial charge is 0.231 e. The van der Waals surface area contributed by atoms with E-state index < -0.39 is 0 Å². The Kier molecular flexibility index (Phi) is 5.88. The fourth-order valence-electron chi connectivity index (χ4n) is 4.18. The third-order valence-corrected chi connectivity index (χ3v) is 5.95. The lowest BCUT2D eigenvalue weighted by molar-refractivity contribution is 0.100. The molecule has 0 fully saturated rings. The monoisotopic (exact) mass is 426 g/mol. The summed E-state index contributed by atoms with van der Waals surface area (Å²) >= 11 is 0. The van der Waals surface area contributed by atoms with Gasteiger partial charge in [-0.3, -0.25) is 9.79 Å². The number of ketones is 1. The Bertz CT molecular complexity index is 1120. The highest BCUT2D eigenvalue weighted by Crippen LogP contribution is 2.36. The molecule has 2 aliphatic heterocycles. The first-order valence-corrected chi connectivity index (χ1v) is 11.2. The zero-order valence-electron chi connectivity index (χ0n) is 18.0. The Morgan fingerprint density at radius 2 is 1.62 bits per heavy atom. The van der Waals surface area contributed by atoms with Gasteiger partial charge in [-0.1, -0.05) is 61.0 Å². The van der Waals surface area contributed by atoms with Crippen LogP contribution in [0.2, 0.25) is 0 Å². The number of carbonyl (C=O) groups is 1.